The van der Waals surface area contributed by atoms with Crippen LogP contribution in [0.2, 0.25) is 0 Å². The van der Waals surface area contributed by atoms with Crippen molar-refractivity contribution >= 4 is 17.5 Å². The molecular weight excluding hydrogens is 294 g/mol. The molecule has 2 amide bonds. The predicted molar refractivity (Wildman–Crippen MR) is 84.4 cm³/mol. The van der Waals surface area contributed by atoms with E-state index in [9.17, 15) is 9.59 Å². The van der Waals surface area contributed by atoms with Gasteiger partial charge in [-0.15, -0.1) is 0 Å². The Hall–Kier alpha value is -2.30. The first-order valence-corrected chi connectivity index (χ1v) is 7.94. The van der Waals surface area contributed by atoms with E-state index >= 15 is 0 Å². The zero-order valence-corrected chi connectivity index (χ0v) is 13.2. The Balaban J connectivity index is 1.73. The molecule has 2 bridgehead atoms. The summed E-state index contributed by atoms with van der Waals surface area (Å²) in [5.41, 5.74) is 0.562. The number of carbonyl (C=O) groups is 2. The molecule has 120 valence electrons. The summed E-state index contributed by atoms with van der Waals surface area (Å²) in [4.78, 5) is 27.1. The Labute approximate surface area is 134 Å². The molecule has 5 heteroatoms. The molecule has 4 aliphatic rings. The van der Waals surface area contributed by atoms with Gasteiger partial charge in [-0.2, -0.15) is 0 Å². The van der Waals surface area contributed by atoms with Crippen LogP contribution in [0.15, 0.2) is 30.4 Å². The van der Waals surface area contributed by atoms with E-state index in [1.807, 2.05) is 0 Å². The number of hydrogen-bond donors (Lipinski definition) is 0. The molecule has 0 spiro atoms. The third-order valence-electron chi connectivity index (χ3n) is 5.38. The van der Waals surface area contributed by atoms with Crippen LogP contribution in [-0.4, -0.2) is 26.0 Å². The third-order valence-corrected chi connectivity index (χ3v) is 5.38. The molecule has 1 saturated heterocycles. The maximum atomic E-state index is 12.9. The van der Waals surface area contributed by atoms with E-state index in [1.54, 1.807) is 32.4 Å². The number of ether oxygens (including phenoxy) is 2. The molecule has 1 aromatic carbocycles. The van der Waals surface area contributed by atoms with Gasteiger partial charge in [0.15, 0.2) is 11.5 Å². The minimum absolute atomic E-state index is 0.0775. The molecule has 0 N–H and O–H groups in total. The first-order chi connectivity index (χ1) is 11.2. The van der Waals surface area contributed by atoms with Crippen LogP contribution in [0.1, 0.15) is 12.8 Å². The van der Waals surface area contributed by atoms with Crippen LogP contribution in [0.3, 0.4) is 0 Å². The second-order valence-corrected chi connectivity index (χ2v) is 6.39. The molecule has 1 aliphatic heterocycles. The van der Waals surface area contributed by atoms with E-state index in [4.69, 9.17) is 9.47 Å². The molecule has 0 radical (unpaired) electrons. The van der Waals surface area contributed by atoms with E-state index in [0.717, 1.165) is 12.8 Å². The lowest BCUT2D eigenvalue weighted by atomic mass is 9.63. The Morgan fingerprint density at radius 2 is 1.48 bits per heavy atom. The number of benzene rings is 1. The van der Waals surface area contributed by atoms with E-state index in [-0.39, 0.29) is 35.5 Å². The molecule has 1 saturated carbocycles. The van der Waals surface area contributed by atoms with Crippen molar-refractivity contribution in [2.75, 3.05) is 19.1 Å². The molecule has 5 rings (SSSR count). The lowest BCUT2D eigenvalue weighted by Gasteiger charge is -2.38. The number of anilines is 1. The standard InChI is InChI=1S/C18H19NO4/c1-22-13-8-7-12(9-14(13)23-2)19-17(20)15-10-3-4-11(6-5-10)16(15)18(19)21/h3-4,7-11,15-16H,5-6H2,1-2H3/t10-,11-,15-,16-/m0/s1. The smallest absolute Gasteiger partial charge is 0.238 e. The molecule has 4 atom stereocenters. The van der Waals surface area contributed by atoms with Crippen molar-refractivity contribution in [1.29, 1.82) is 0 Å². The highest BCUT2D eigenvalue weighted by Gasteiger charge is 2.56. The second-order valence-electron chi connectivity index (χ2n) is 6.39. The fourth-order valence-corrected chi connectivity index (χ4v) is 4.29. The van der Waals surface area contributed by atoms with Gasteiger partial charge < -0.3 is 9.47 Å². The highest BCUT2D eigenvalue weighted by atomic mass is 16.5. The van der Waals surface area contributed by atoms with Crippen LogP contribution in [0.4, 0.5) is 5.69 Å². The zero-order valence-electron chi connectivity index (χ0n) is 13.2. The minimum atomic E-state index is -0.195. The predicted octanol–water partition coefficient (Wildman–Crippen LogP) is 2.41. The van der Waals surface area contributed by atoms with Crippen LogP contribution in [0, 0.1) is 23.7 Å². The highest BCUT2D eigenvalue weighted by molar-refractivity contribution is 6.22. The summed E-state index contributed by atoms with van der Waals surface area (Å²) in [6.07, 6.45) is 6.25. The first-order valence-electron chi connectivity index (χ1n) is 7.94. The summed E-state index contributed by atoms with van der Waals surface area (Å²) in [5.74, 6) is 0.950. The number of carbonyl (C=O) groups excluding carboxylic acids is 2. The maximum absolute atomic E-state index is 12.9. The lowest BCUT2D eigenvalue weighted by Crippen LogP contribution is -2.38. The average Bonchev–Trinajstić information content (AvgIpc) is 2.88. The summed E-state index contributed by atoms with van der Waals surface area (Å²) in [6.45, 7) is 0. The summed E-state index contributed by atoms with van der Waals surface area (Å²) >= 11 is 0. The van der Waals surface area contributed by atoms with E-state index < -0.39 is 0 Å². The quantitative estimate of drug-likeness (QED) is 0.635. The lowest BCUT2D eigenvalue weighted by molar-refractivity contribution is -0.124. The van der Waals surface area contributed by atoms with Gasteiger partial charge in [0.2, 0.25) is 11.8 Å². The van der Waals surface area contributed by atoms with Crippen molar-refractivity contribution in [3.63, 3.8) is 0 Å². The van der Waals surface area contributed by atoms with E-state index in [1.165, 1.54) is 4.90 Å². The highest BCUT2D eigenvalue weighted by Crippen LogP contribution is 2.50. The number of hydrogen-bond acceptors (Lipinski definition) is 4. The molecule has 2 fully saturated rings. The second kappa shape index (κ2) is 5.11. The SMILES string of the molecule is COc1ccc(N2C(=O)[C@@H]3[C@@H](C2=O)[C@H]2C=C[C@H]3CC2)cc1OC. The van der Waals surface area contributed by atoms with Crippen LogP contribution < -0.4 is 14.4 Å². The van der Waals surface area contributed by atoms with Gasteiger partial charge >= 0.3 is 0 Å². The van der Waals surface area contributed by atoms with Gasteiger partial charge in [0.05, 0.1) is 31.7 Å². The van der Waals surface area contributed by atoms with Crippen LogP contribution in [-0.2, 0) is 9.59 Å². The fourth-order valence-electron chi connectivity index (χ4n) is 4.29. The summed E-state index contributed by atoms with van der Waals surface area (Å²) in [6, 6.07) is 5.16. The molecular formula is C18H19NO4. The van der Waals surface area contributed by atoms with Crippen LogP contribution in [0.5, 0.6) is 11.5 Å². The number of allylic oxidation sites excluding steroid dienone is 2. The van der Waals surface area contributed by atoms with Crippen molar-refractivity contribution in [3.8, 4) is 11.5 Å². The maximum Gasteiger partial charge on any atom is 0.238 e. The van der Waals surface area contributed by atoms with Crippen molar-refractivity contribution in [1.82, 2.24) is 0 Å². The molecule has 1 heterocycles. The Kier molecular flexibility index (Phi) is 3.18. The summed E-state index contributed by atoms with van der Waals surface area (Å²) < 4.78 is 10.5. The Morgan fingerprint density at radius 3 is 1.96 bits per heavy atom. The van der Waals surface area contributed by atoms with Gasteiger partial charge in [0.1, 0.15) is 0 Å². The largest absolute Gasteiger partial charge is 0.493 e. The van der Waals surface area contributed by atoms with Gasteiger partial charge in [-0.25, -0.2) is 4.90 Å². The van der Waals surface area contributed by atoms with Crippen LogP contribution in [0.25, 0.3) is 0 Å². The number of methoxy groups -OCH3 is 2. The average molecular weight is 313 g/mol. The minimum Gasteiger partial charge on any atom is -0.493 e. The van der Waals surface area contributed by atoms with Crippen molar-refractivity contribution in [3.05, 3.63) is 30.4 Å². The zero-order chi connectivity index (χ0) is 16.1. The number of fused-ring (bicyclic) bond motifs is 1. The molecule has 0 aromatic heterocycles. The van der Waals surface area contributed by atoms with Gasteiger partial charge in [-0.3, -0.25) is 9.59 Å². The summed E-state index contributed by atoms with van der Waals surface area (Å²) in [7, 11) is 3.10. The van der Waals surface area contributed by atoms with E-state index in [2.05, 4.69) is 12.2 Å². The fraction of sp³-hybridized carbons (Fsp3) is 0.444. The van der Waals surface area contributed by atoms with Crippen LogP contribution >= 0.6 is 0 Å². The molecule has 23 heavy (non-hydrogen) atoms. The Morgan fingerprint density at radius 1 is 0.913 bits per heavy atom. The van der Waals surface area contributed by atoms with Gasteiger partial charge in [-0.05, 0) is 36.8 Å². The van der Waals surface area contributed by atoms with Gasteiger partial charge in [0.25, 0.3) is 0 Å². The monoisotopic (exact) mass is 313 g/mol. The Bertz CT molecular complexity index is 679. The number of amides is 2. The number of imide groups is 1. The first kappa shape index (κ1) is 14.3. The van der Waals surface area contributed by atoms with Gasteiger partial charge in [0, 0.05) is 6.07 Å². The molecule has 1 aromatic rings. The summed E-state index contributed by atoms with van der Waals surface area (Å²) in [5, 5.41) is 0. The topological polar surface area (TPSA) is 55.8 Å². The molecule has 3 aliphatic carbocycles. The van der Waals surface area contributed by atoms with Crippen molar-refractivity contribution < 1.29 is 19.1 Å². The number of nitrogens with zero attached hydrogens (tertiary/aromatic N) is 1. The number of rotatable bonds is 3. The van der Waals surface area contributed by atoms with Crippen molar-refractivity contribution in [2.45, 2.75) is 12.8 Å². The van der Waals surface area contributed by atoms with E-state index in [0.29, 0.717) is 17.2 Å². The van der Waals surface area contributed by atoms with Gasteiger partial charge in [-0.1, -0.05) is 12.2 Å². The van der Waals surface area contributed by atoms with Crippen molar-refractivity contribution in [2.24, 2.45) is 23.7 Å². The molecule has 5 nitrogen and oxygen atoms in total. The normalized spacial score (nSPS) is 31.5. The molecule has 0 unspecified atom stereocenters. The third kappa shape index (κ3) is 1.92.